The summed E-state index contributed by atoms with van der Waals surface area (Å²) >= 11 is 0. The number of rotatable bonds is 4. The lowest BCUT2D eigenvalue weighted by Gasteiger charge is -2.41. The van der Waals surface area contributed by atoms with E-state index in [0.29, 0.717) is 18.8 Å². The Balaban J connectivity index is 1.80. The highest BCUT2D eigenvalue weighted by molar-refractivity contribution is 5.82. The second-order valence-corrected chi connectivity index (χ2v) is 5.08. The fourth-order valence-electron chi connectivity index (χ4n) is 1.88. The lowest BCUT2D eigenvalue weighted by Crippen LogP contribution is -2.59. The Kier molecular flexibility index (Phi) is 4.04. The number of hydrogen-bond acceptors (Lipinski definition) is 3. The summed E-state index contributed by atoms with van der Waals surface area (Å²) in [7, 11) is 3.77. The van der Waals surface area contributed by atoms with Crippen LogP contribution in [0, 0.1) is 5.82 Å². The molecule has 1 saturated heterocycles. The van der Waals surface area contributed by atoms with E-state index in [1.807, 2.05) is 25.9 Å². The summed E-state index contributed by atoms with van der Waals surface area (Å²) in [4.78, 5) is 15.7. The topological polar surface area (TPSA) is 32.8 Å². The Bertz CT molecular complexity index is 441. The van der Waals surface area contributed by atoms with Gasteiger partial charge in [0.05, 0.1) is 19.1 Å². The number of ether oxygens (including phenoxy) is 1. The van der Waals surface area contributed by atoms with Gasteiger partial charge < -0.3 is 9.64 Å². The molecule has 0 aliphatic carbocycles. The Morgan fingerprint density at radius 2 is 1.95 bits per heavy atom. The third kappa shape index (κ3) is 3.23. The van der Waals surface area contributed by atoms with E-state index in [-0.39, 0.29) is 23.9 Å². The van der Waals surface area contributed by atoms with Gasteiger partial charge >= 0.3 is 0 Å². The number of benzene rings is 1. The maximum Gasteiger partial charge on any atom is 0.239 e. The number of hydrogen-bond donors (Lipinski definition) is 0. The average Bonchev–Trinajstić information content (AvgIpc) is 2.33. The van der Waals surface area contributed by atoms with Crippen molar-refractivity contribution in [2.75, 3.05) is 27.2 Å². The van der Waals surface area contributed by atoms with Gasteiger partial charge in [-0.15, -0.1) is 0 Å². The molecule has 1 aliphatic rings. The third-order valence-corrected chi connectivity index (χ3v) is 3.41. The first-order valence-corrected chi connectivity index (χ1v) is 6.35. The highest BCUT2D eigenvalue weighted by Gasteiger charge is 2.34. The molecular formula is C14H19FN2O2. The third-order valence-electron chi connectivity index (χ3n) is 3.41. The van der Waals surface area contributed by atoms with E-state index in [1.54, 1.807) is 17.0 Å². The highest BCUT2D eigenvalue weighted by Crippen LogP contribution is 2.19. The minimum absolute atomic E-state index is 0.00349. The zero-order chi connectivity index (χ0) is 14.0. The largest absolute Gasteiger partial charge is 0.487 e. The van der Waals surface area contributed by atoms with Crippen LogP contribution in [0.3, 0.4) is 0 Å². The second kappa shape index (κ2) is 5.57. The van der Waals surface area contributed by atoms with Crippen molar-refractivity contribution in [3.8, 4) is 5.75 Å². The number of likely N-dealkylation sites (N-methyl/N-ethyl adjacent to an activating group) is 1. The van der Waals surface area contributed by atoms with E-state index >= 15 is 0 Å². The fraction of sp³-hybridized carbons (Fsp3) is 0.500. The second-order valence-electron chi connectivity index (χ2n) is 5.08. The summed E-state index contributed by atoms with van der Waals surface area (Å²) in [5.74, 6) is 0.473. The lowest BCUT2D eigenvalue weighted by atomic mass is 10.1. The molecule has 0 aromatic heterocycles. The van der Waals surface area contributed by atoms with E-state index in [0.717, 1.165) is 0 Å². The van der Waals surface area contributed by atoms with Crippen LogP contribution in [0.5, 0.6) is 5.75 Å². The van der Waals surface area contributed by atoms with E-state index in [4.69, 9.17) is 4.74 Å². The zero-order valence-corrected chi connectivity index (χ0v) is 11.5. The number of nitrogens with zero attached hydrogens (tertiary/aromatic N) is 2. The maximum absolute atomic E-state index is 12.7. The fourth-order valence-corrected chi connectivity index (χ4v) is 1.88. The molecule has 1 amide bonds. The maximum atomic E-state index is 12.7. The molecule has 104 valence electrons. The van der Waals surface area contributed by atoms with Gasteiger partial charge in [0.1, 0.15) is 17.7 Å². The van der Waals surface area contributed by atoms with Crippen LogP contribution in [0.2, 0.25) is 0 Å². The van der Waals surface area contributed by atoms with Gasteiger partial charge in [-0.25, -0.2) is 4.39 Å². The zero-order valence-electron chi connectivity index (χ0n) is 11.5. The number of halogens is 1. The molecule has 4 nitrogen and oxygen atoms in total. The standard InChI is InChI=1S/C14H19FN2O2/c1-10(16(2)3)14(18)17-8-13(9-17)19-12-6-4-11(15)5-7-12/h4-7,10,13H,8-9H2,1-3H3/t10-/m1/s1. The van der Waals surface area contributed by atoms with Gasteiger partial charge in [-0.1, -0.05) is 0 Å². The number of carbonyl (C=O) groups is 1. The van der Waals surface area contributed by atoms with Crippen molar-refractivity contribution in [3.05, 3.63) is 30.1 Å². The molecule has 1 aromatic rings. The highest BCUT2D eigenvalue weighted by atomic mass is 19.1. The normalized spacial score (nSPS) is 17.2. The van der Waals surface area contributed by atoms with E-state index < -0.39 is 0 Å². The Labute approximate surface area is 112 Å². The monoisotopic (exact) mass is 266 g/mol. The van der Waals surface area contributed by atoms with Gasteiger partial charge in [-0.2, -0.15) is 0 Å². The molecule has 2 rings (SSSR count). The predicted octanol–water partition coefficient (Wildman–Crippen LogP) is 1.37. The van der Waals surface area contributed by atoms with Crippen LogP contribution in [-0.2, 0) is 4.79 Å². The van der Waals surface area contributed by atoms with Gasteiger partial charge in [0.25, 0.3) is 0 Å². The summed E-state index contributed by atoms with van der Waals surface area (Å²) in [6.07, 6.45) is 0.00349. The summed E-state index contributed by atoms with van der Waals surface area (Å²) in [6.45, 7) is 3.07. The molecule has 1 heterocycles. The molecule has 1 atom stereocenters. The molecule has 0 saturated carbocycles. The molecule has 0 radical (unpaired) electrons. The van der Waals surface area contributed by atoms with E-state index in [1.165, 1.54) is 12.1 Å². The molecule has 1 fully saturated rings. The summed E-state index contributed by atoms with van der Waals surface area (Å²) in [5.41, 5.74) is 0. The van der Waals surface area contributed by atoms with Crippen LogP contribution >= 0.6 is 0 Å². The van der Waals surface area contributed by atoms with Crippen LogP contribution in [0.4, 0.5) is 4.39 Å². The lowest BCUT2D eigenvalue weighted by molar-refractivity contribution is -0.144. The average molecular weight is 266 g/mol. The molecule has 0 unspecified atom stereocenters. The Morgan fingerprint density at radius 3 is 2.47 bits per heavy atom. The van der Waals surface area contributed by atoms with Crippen LogP contribution in [0.1, 0.15) is 6.92 Å². The Hall–Kier alpha value is -1.62. The first-order chi connectivity index (χ1) is 8.97. The van der Waals surface area contributed by atoms with Gasteiger partial charge in [-0.3, -0.25) is 9.69 Å². The van der Waals surface area contributed by atoms with Crippen molar-refractivity contribution < 1.29 is 13.9 Å². The SMILES string of the molecule is C[C@H](C(=O)N1CC(Oc2ccc(F)cc2)C1)N(C)C. The molecule has 1 aliphatic heterocycles. The molecule has 19 heavy (non-hydrogen) atoms. The molecule has 1 aromatic carbocycles. The van der Waals surface area contributed by atoms with Crippen LogP contribution in [-0.4, -0.2) is 55.0 Å². The van der Waals surface area contributed by atoms with Gasteiger partial charge in [-0.05, 0) is 45.3 Å². The van der Waals surface area contributed by atoms with Gasteiger partial charge in [0.2, 0.25) is 5.91 Å². The summed E-state index contributed by atoms with van der Waals surface area (Å²) in [6, 6.07) is 5.81. The van der Waals surface area contributed by atoms with E-state index in [9.17, 15) is 9.18 Å². The van der Waals surface area contributed by atoms with E-state index in [2.05, 4.69) is 0 Å². The minimum Gasteiger partial charge on any atom is -0.487 e. The van der Waals surface area contributed by atoms with Gasteiger partial charge in [0.15, 0.2) is 0 Å². The molecule has 5 heteroatoms. The smallest absolute Gasteiger partial charge is 0.239 e. The van der Waals surface area contributed by atoms with Crippen molar-refractivity contribution in [2.45, 2.75) is 19.1 Å². The number of carbonyl (C=O) groups excluding carboxylic acids is 1. The van der Waals surface area contributed by atoms with Gasteiger partial charge in [0, 0.05) is 0 Å². The van der Waals surface area contributed by atoms with Crippen molar-refractivity contribution in [2.24, 2.45) is 0 Å². The Morgan fingerprint density at radius 1 is 1.37 bits per heavy atom. The number of likely N-dealkylation sites (tertiary alicyclic amines) is 1. The van der Waals surface area contributed by atoms with Crippen molar-refractivity contribution in [1.82, 2.24) is 9.80 Å². The first kappa shape index (κ1) is 13.8. The van der Waals surface area contributed by atoms with Crippen molar-refractivity contribution in [1.29, 1.82) is 0 Å². The molecule has 0 spiro atoms. The van der Waals surface area contributed by atoms with Crippen molar-refractivity contribution >= 4 is 5.91 Å². The minimum atomic E-state index is -0.280. The summed E-state index contributed by atoms with van der Waals surface area (Å²) < 4.78 is 18.4. The molecule has 0 bridgehead atoms. The predicted molar refractivity (Wildman–Crippen MR) is 70.5 cm³/mol. The van der Waals surface area contributed by atoms with Crippen LogP contribution in [0.25, 0.3) is 0 Å². The number of amides is 1. The van der Waals surface area contributed by atoms with Crippen LogP contribution < -0.4 is 4.74 Å². The van der Waals surface area contributed by atoms with Crippen molar-refractivity contribution in [3.63, 3.8) is 0 Å². The van der Waals surface area contributed by atoms with Crippen LogP contribution in [0.15, 0.2) is 24.3 Å². The summed E-state index contributed by atoms with van der Waals surface area (Å²) in [5, 5.41) is 0. The molecular weight excluding hydrogens is 247 g/mol. The first-order valence-electron chi connectivity index (χ1n) is 6.35. The molecule has 0 N–H and O–H groups in total. The quantitative estimate of drug-likeness (QED) is 0.825.